The Balaban J connectivity index is 1.46. The Hall–Kier alpha value is -3.92. The highest BCUT2D eigenvalue weighted by Gasteiger charge is 2.22. The number of aromatic nitrogens is 3. The summed E-state index contributed by atoms with van der Waals surface area (Å²) in [4.78, 5) is 41.1. The summed E-state index contributed by atoms with van der Waals surface area (Å²) in [7, 11) is 0. The highest BCUT2D eigenvalue weighted by molar-refractivity contribution is 6.33. The Morgan fingerprint density at radius 3 is 2.55 bits per heavy atom. The van der Waals surface area contributed by atoms with Crippen molar-refractivity contribution in [1.29, 1.82) is 0 Å². The Kier molecular flexibility index (Phi) is 6.01. The predicted molar refractivity (Wildman–Crippen MR) is 117 cm³/mol. The van der Waals surface area contributed by atoms with Gasteiger partial charge in [-0.1, -0.05) is 11.6 Å². The number of carbonyl (C=O) groups is 3. The monoisotopic (exact) mass is 470 g/mol. The minimum Gasteiger partial charge on any atom is -0.454 e. The largest absolute Gasteiger partial charge is 0.454 e. The molecule has 0 bridgehead atoms. The van der Waals surface area contributed by atoms with Crippen molar-refractivity contribution in [2.24, 2.45) is 0 Å². The number of fused-ring (bicyclic) bond motifs is 1. The zero-order chi connectivity index (χ0) is 23.7. The topological polar surface area (TPSA) is 122 Å². The van der Waals surface area contributed by atoms with Crippen molar-refractivity contribution in [3.05, 3.63) is 58.0 Å². The molecule has 3 heterocycles. The zero-order valence-electron chi connectivity index (χ0n) is 18.0. The van der Waals surface area contributed by atoms with Crippen LogP contribution in [0.4, 0.5) is 5.69 Å². The van der Waals surface area contributed by atoms with Crippen molar-refractivity contribution in [2.45, 2.75) is 20.8 Å². The average Bonchev–Trinajstić information content (AvgIpc) is 3.36. The van der Waals surface area contributed by atoms with Crippen LogP contribution in [0.15, 0.2) is 30.3 Å². The zero-order valence-corrected chi connectivity index (χ0v) is 18.7. The molecule has 33 heavy (non-hydrogen) atoms. The number of pyridine rings is 1. The van der Waals surface area contributed by atoms with Crippen LogP contribution in [0.25, 0.3) is 5.82 Å². The number of Topliss-reactive ketones (excluding diaryl/α,β-unsaturated/α-hetero) is 1. The van der Waals surface area contributed by atoms with E-state index in [1.165, 1.54) is 25.1 Å². The van der Waals surface area contributed by atoms with Crippen LogP contribution in [0.2, 0.25) is 5.02 Å². The van der Waals surface area contributed by atoms with Gasteiger partial charge in [0.15, 0.2) is 35.4 Å². The smallest absolute Gasteiger partial charge is 0.359 e. The second-order valence-corrected chi connectivity index (χ2v) is 7.68. The van der Waals surface area contributed by atoms with Gasteiger partial charge in [0, 0.05) is 17.3 Å². The fraction of sp³-hybridized carbons (Fsp3) is 0.227. The van der Waals surface area contributed by atoms with Gasteiger partial charge >= 0.3 is 5.97 Å². The number of anilines is 1. The second kappa shape index (κ2) is 8.91. The fourth-order valence-electron chi connectivity index (χ4n) is 3.28. The number of nitrogens with zero attached hydrogens (tertiary/aromatic N) is 3. The number of nitrogens with one attached hydrogen (secondary N) is 1. The highest BCUT2D eigenvalue weighted by atomic mass is 35.5. The summed E-state index contributed by atoms with van der Waals surface area (Å²) in [6.07, 6.45) is 0. The Morgan fingerprint density at radius 2 is 1.88 bits per heavy atom. The second-order valence-electron chi connectivity index (χ2n) is 7.27. The number of hydrogen-bond donors (Lipinski definition) is 1. The van der Waals surface area contributed by atoms with Crippen LogP contribution >= 0.6 is 11.6 Å². The first-order valence-electron chi connectivity index (χ1n) is 9.84. The molecule has 3 aromatic rings. The van der Waals surface area contributed by atoms with E-state index in [1.54, 1.807) is 10.7 Å². The van der Waals surface area contributed by atoms with E-state index in [1.807, 2.05) is 19.9 Å². The number of amides is 1. The lowest BCUT2D eigenvalue weighted by molar-refractivity contribution is -0.119. The summed E-state index contributed by atoms with van der Waals surface area (Å²) in [5, 5.41) is 6.95. The predicted octanol–water partition coefficient (Wildman–Crippen LogP) is 3.26. The van der Waals surface area contributed by atoms with Crippen LogP contribution in [-0.2, 0) is 9.53 Å². The Bertz CT molecular complexity index is 1290. The van der Waals surface area contributed by atoms with Crippen LogP contribution in [-0.4, -0.2) is 45.8 Å². The minimum atomic E-state index is -0.879. The Labute approximate surface area is 193 Å². The van der Waals surface area contributed by atoms with Crippen LogP contribution in [0.5, 0.6) is 11.5 Å². The van der Waals surface area contributed by atoms with Crippen molar-refractivity contribution in [2.75, 3.05) is 18.7 Å². The molecule has 2 aromatic heterocycles. The quantitative estimate of drug-likeness (QED) is 0.430. The molecule has 170 valence electrons. The molecule has 4 rings (SSSR count). The van der Waals surface area contributed by atoms with Crippen molar-refractivity contribution >= 4 is 34.9 Å². The molecule has 11 heteroatoms. The number of benzene rings is 1. The maximum atomic E-state index is 12.6. The molecule has 0 saturated heterocycles. The molecule has 1 aromatic carbocycles. The molecule has 0 saturated carbocycles. The van der Waals surface area contributed by atoms with Gasteiger partial charge in [-0.2, -0.15) is 5.10 Å². The summed E-state index contributed by atoms with van der Waals surface area (Å²) in [5.41, 5.74) is 1.92. The van der Waals surface area contributed by atoms with Crippen molar-refractivity contribution in [1.82, 2.24) is 14.8 Å². The molecule has 0 radical (unpaired) electrons. The number of hydrogen-bond acceptors (Lipinski definition) is 8. The van der Waals surface area contributed by atoms with E-state index in [4.69, 9.17) is 25.8 Å². The van der Waals surface area contributed by atoms with E-state index in [9.17, 15) is 14.4 Å². The molecular formula is C22H19ClN4O6. The van der Waals surface area contributed by atoms with Crippen LogP contribution in [0.3, 0.4) is 0 Å². The van der Waals surface area contributed by atoms with Gasteiger partial charge in [0.1, 0.15) is 0 Å². The van der Waals surface area contributed by atoms with E-state index >= 15 is 0 Å². The number of ketones is 1. The number of ether oxygens (including phenoxy) is 3. The lowest BCUT2D eigenvalue weighted by Crippen LogP contribution is -2.22. The maximum absolute atomic E-state index is 12.6. The molecule has 0 unspecified atom stereocenters. The van der Waals surface area contributed by atoms with Gasteiger partial charge in [-0.3, -0.25) is 9.59 Å². The standard InChI is InChI=1S/C22H19ClN4O6/c1-11-6-12(2)27(26-11)19-5-4-15(23)21(25-19)22(30)31-9-20(29)24-16-8-18-17(32-10-33-18)7-14(16)13(3)28/h4-8H,9-10H2,1-3H3,(H,24,29). The van der Waals surface area contributed by atoms with E-state index in [2.05, 4.69) is 15.4 Å². The van der Waals surface area contributed by atoms with Crippen LogP contribution in [0.1, 0.15) is 39.2 Å². The highest BCUT2D eigenvalue weighted by Crippen LogP contribution is 2.37. The molecule has 10 nitrogen and oxygen atoms in total. The van der Waals surface area contributed by atoms with E-state index in [0.29, 0.717) is 17.3 Å². The third-order valence-electron chi connectivity index (χ3n) is 4.75. The summed E-state index contributed by atoms with van der Waals surface area (Å²) in [5.74, 6) is -0.631. The molecule has 1 amide bonds. The summed E-state index contributed by atoms with van der Waals surface area (Å²) in [6.45, 7) is 4.45. The van der Waals surface area contributed by atoms with Crippen LogP contribution in [0, 0.1) is 13.8 Å². The van der Waals surface area contributed by atoms with Gasteiger partial charge < -0.3 is 19.5 Å². The first-order valence-corrected chi connectivity index (χ1v) is 10.2. The summed E-state index contributed by atoms with van der Waals surface area (Å²) >= 11 is 6.12. The van der Waals surface area contributed by atoms with Crippen molar-refractivity contribution in [3.8, 4) is 17.3 Å². The van der Waals surface area contributed by atoms with Gasteiger partial charge in [0.25, 0.3) is 5.91 Å². The molecule has 0 fully saturated rings. The van der Waals surface area contributed by atoms with Gasteiger partial charge in [-0.15, -0.1) is 0 Å². The Morgan fingerprint density at radius 1 is 1.15 bits per heavy atom. The summed E-state index contributed by atoms with van der Waals surface area (Å²) < 4.78 is 17.2. The number of esters is 1. The normalized spacial score (nSPS) is 11.9. The van der Waals surface area contributed by atoms with Gasteiger partial charge in [0.05, 0.1) is 16.4 Å². The molecule has 1 aliphatic heterocycles. The van der Waals surface area contributed by atoms with E-state index < -0.39 is 18.5 Å². The molecule has 0 atom stereocenters. The lowest BCUT2D eigenvalue weighted by Gasteiger charge is -2.11. The maximum Gasteiger partial charge on any atom is 0.359 e. The molecule has 1 aliphatic rings. The van der Waals surface area contributed by atoms with Gasteiger partial charge in [-0.05, 0) is 45.0 Å². The number of carbonyl (C=O) groups excluding carboxylic acids is 3. The molecule has 1 N–H and O–H groups in total. The molecule has 0 aliphatic carbocycles. The molecule has 0 spiro atoms. The minimum absolute atomic E-state index is 0.0200. The third-order valence-corrected chi connectivity index (χ3v) is 5.06. The number of rotatable bonds is 6. The van der Waals surface area contributed by atoms with E-state index in [-0.39, 0.29) is 34.5 Å². The number of aryl methyl sites for hydroxylation is 2. The first-order chi connectivity index (χ1) is 15.7. The van der Waals surface area contributed by atoms with Crippen molar-refractivity contribution in [3.63, 3.8) is 0 Å². The SMILES string of the molecule is CC(=O)c1cc2c(cc1NC(=O)COC(=O)c1nc(-n3nc(C)cc3C)ccc1Cl)OCO2. The molecular weight excluding hydrogens is 452 g/mol. The fourth-order valence-corrected chi connectivity index (χ4v) is 3.46. The lowest BCUT2D eigenvalue weighted by atomic mass is 10.1. The van der Waals surface area contributed by atoms with Gasteiger partial charge in [-0.25, -0.2) is 14.5 Å². The number of halogens is 1. The summed E-state index contributed by atoms with van der Waals surface area (Å²) in [6, 6.07) is 7.95. The van der Waals surface area contributed by atoms with Crippen molar-refractivity contribution < 1.29 is 28.6 Å². The van der Waals surface area contributed by atoms with Crippen LogP contribution < -0.4 is 14.8 Å². The van der Waals surface area contributed by atoms with E-state index in [0.717, 1.165) is 11.4 Å². The van der Waals surface area contributed by atoms with Gasteiger partial charge in [0.2, 0.25) is 6.79 Å². The first kappa shape index (κ1) is 22.3. The third kappa shape index (κ3) is 4.65. The average molecular weight is 471 g/mol.